The first kappa shape index (κ1) is 21.0. The summed E-state index contributed by atoms with van der Waals surface area (Å²) in [5, 5.41) is 2.77. The lowest BCUT2D eigenvalue weighted by Gasteiger charge is -2.06. The number of rotatable bonds is 6. The van der Waals surface area contributed by atoms with Crippen molar-refractivity contribution >= 4 is 17.7 Å². The van der Waals surface area contributed by atoms with E-state index in [-0.39, 0.29) is 17.3 Å². The van der Waals surface area contributed by atoms with Crippen LogP contribution in [0, 0.1) is 0 Å². The van der Waals surface area contributed by atoms with Gasteiger partial charge in [-0.05, 0) is 49.1 Å². The van der Waals surface area contributed by atoms with Crippen molar-refractivity contribution in [3.8, 4) is 22.8 Å². The molecule has 8 heteroatoms. The number of carbonyl (C=O) groups excluding carboxylic acids is 1. The molecule has 2 aromatic carbocycles. The van der Waals surface area contributed by atoms with Crippen LogP contribution in [0.25, 0.3) is 22.8 Å². The Morgan fingerprint density at radius 1 is 1.14 bits per heavy atom. The topological polar surface area (TPSA) is 55.1 Å². The third kappa shape index (κ3) is 4.82. The number of hydrogen-bond acceptors (Lipinski definition) is 4. The summed E-state index contributed by atoms with van der Waals surface area (Å²) >= 11 is 1.54. The number of aromatic nitrogens is 1. The van der Waals surface area contributed by atoms with Crippen molar-refractivity contribution in [1.82, 2.24) is 10.3 Å². The summed E-state index contributed by atoms with van der Waals surface area (Å²) in [5.74, 6) is -0.0207. The average molecular weight is 420 g/mol. The van der Waals surface area contributed by atoms with E-state index in [0.29, 0.717) is 17.7 Å². The highest BCUT2D eigenvalue weighted by atomic mass is 32.2. The third-order valence-corrected chi connectivity index (χ3v) is 4.89. The van der Waals surface area contributed by atoms with Gasteiger partial charge in [-0.1, -0.05) is 19.1 Å². The molecule has 0 fully saturated rings. The number of nitrogens with one attached hydrogen (secondary N) is 1. The quantitative estimate of drug-likeness (QED) is 0.505. The molecule has 1 N–H and O–H groups in total. The van der Waals surface area contributed by atoms with E-state index in [2.05, 4.69) is 10.3 Å². The number of carbonyl (C=O) groups is 1. The molecule has 29 heavy (non-hydrogen) atoms. The molecule has 0 aliphatic heterocycles. The minimum absolute atomic E-state index is 0.0879. The second kappa shape index (κ2) is 8.73. The Morgan fingerprint density at radius 2 is 1.86 bits per heavy atom. The lowest BCUT2D eigenvalue weighted by atomic mass is 10.1. The zero-order chi connectivity index (χ0) is 21.0. The lowest BCUT2D eigenvalue weighted by Crippen LogP contribution is -2.24. The number of oxazole rings is 1. The van der Waals surface area contributed by atoms with E-state index in [1.54, 1.807) is 17.8 Å². The summed E-state index contributed by atoms with van der Waals surface area (Å²) in [7, 11) is 0. The predicted octanol–water partition coefficient (Wildman–Crippen LogP) is 5.89. The van der Waals surface area contributed by atoms with Crippen molar-refractivity contribution in [2.45, 2.75) is 24.4 Å². The highest BCUT2D eigenvalue weighted by molar-refractivity contribution is 7.98. The van der Waals surface area contributed by atoms with Gasteiger partial charge in [-0.25, -0.2) is 4.98 Å². The Kier molecular flexibility index (Phi) is 6.32. The van der Waals surface area contributed by atoms with Crippen LogP contribution in [0.1, 0.15) is 29.4 Å². The second-order valence-corrected chi connectivity index (χ2v) is 7.14. The Balaban J connectivity index is 2.05. The van der Waals surface area contributed by atoms with Crippen molar-refractivity contribution in [3.05, 3.63) is 59.8 Å². The standard InChI is InChI=1S/C21H19F3N2O2S/c1-3-11-25-19(27)17-18(14-5-4-6-16(12-14)29-2)28-20(26-17)13-7-9-15(10-8-13)21(22,23)24/h4-10,12H,3,11H2,1-2H3,(H,25,27). The van der Waals surface area contributed by atoms with Gasteiger partial charge in [0.2, 0.25) is 5.89 Å². The monoisotopic (exact) mass is 420 g/mol. The molecular weight excluding hydrogens is 401 g/mol. The minimum atomic E-state index is -4.43. The first-order chi connectivity index (χ1) is 13.8. The van der Waals surface area contributed by atoms with E-state index < -0.39 is 17.6 Å². The Bertz CT molecular complexity index is 998. The van der Waals surface area contributed by atoms with Crippen LogP contribution >= 0.6 is 11.8 Å². The molecule has 0 saturated carbocycles. The fraction of sp³-hybridized carbons (Fsp3) is 0.238. The van der Waals surface area contributed by atoms with Gasteiger partial charge in [-0.3, -0.25) is 4.79 Å². The molecule has 0 unspecified atom stereocenters. The minimum Gasteiger partial charge on any atom is -0.435 e. The smallest absolute Gasteiger partial charge is 0.416 e. The summed E-state index contributed by atoms with van der Waals surface area (Å²) in [6.45, 7) is 2.41. The normalized spacial score (nSPS) is 11.5. The Morgan fingerprint density at radius 3 is 2.48 bits per heavy atom. The van der Waals surface area contributed by atoms with Crippen LogP contribution in [0.4, 0.5) is 13.2 Å². The van der Waals surface area contributed by atoms with Crippen LogP contribution in [0.2, 0.25) is 0 Å². The zero-order valence-corrected chi connectivity index (χ0v) is 16.7. The van der Waals surface area contributed by atoms with Crippen molar-refractivity contribution in [2.75, 3.05) is 12.8 Å². The number of alkyl halides is 3. The zero-order valence-electron chi connectivity index (χ0n) is 15.8. The van der Waals surface area contributed by atoms with Crippen LogP contribution in [0.3, 0.4) is 0 Å². The van der Waals surface area contributed by atoms with Gasteiger partial charge in [0.15, 0.2) is 11.5 Å². The summed E-state index contributed by atoms with van der Waals surface area (Å²) in [5.41, 5.74) is 0.368. The Labute approximate surface area is 170 Å². The van der Waals surface area contributed by atoms with E-state index in [0.717, 1.165) is 23.4 Å². The van der Waals surface area contributed by atoms with E-state index >= 15 is 0 Å². The molecule has 1 aromatic heterocycles. The Hall–Kier alpha value is -2.74. The fourth-order valence-electron chi connectivity index (χ4n) is 2.68. The SMILES string of the molecule is CCCNC(=O)c1nc(-c2ccc(C(F)(F)F)cc2)oc1-c1cccc(SC)c1. The third-order valence-electron chi connectivity index (χ3n) is 4.17. The highest BCUT2D eigenvalue weighted by Gasteiger charge is 2.30. The molecule has 0 bridgehead atoms. The molecule has 0 radical (unpaired) electrons. The maximum Gasteiger partial charge on any atom is 0.416 e. The van der Waals surface area contributed by atoms with Crippen molar-refractivity contribution in [3.63, 3.8) is 0 Å². The summed E-state index contributed by atoms with van der Waals surface area (Å²) in [6.07, 6.45) is -1.74. The van der Waals surface area contributed by atoms with E-state index in [9.17, 15) is 18.0 Å². The van der Waals surface area contributed by atoms with Crippen molar-refractivity contribution in [1.29, 1.82) is 0 Å². The summed E-state index contributed by atoms with van der Waals surface area (Å²) in [6, 6.07) is 11.9. The van der Waals surface area contributed by atoms with Crippen LogP contribution in [0.15, 0.2) is 57.8 Å². The van der Waals surface area contributed by atoms with Gasteiger partial charge in [0.25, 0.3) is 5.91 Å². The van der Waals surface area contributed by atoms with E-state index in [1.807, 2.05) is 31.4 Å². The lowest BCUT2D eigenvalue weighted by molar-refractivity contribution is -0.137. The van der Waals surface area contributed by atoms with Gasteiger partial charge in [0, 0.05) is 22.6 Å². The van der Waals surface area contributed by atoms with Gasteiger partial charge >= 0.3 is 6.18 Å². The number of halogens is 3. The van der Waals surface area contributed by atoms with E-state index in [4.69, 9.17) is 4.42 Å². The predicted molar refractivity (Wildman–Crippen MR) is 107 cm³/mol. The molecule has 152 valence electrons. The maximum absolute atomic E-state index is 12.8. The molecular formula is C21H19F3N2O2S. The second-order valence-electron chi connectivity index (χ2n) is 6.26. The number of benzene rings is 2. The largest absolute Gasteiger partial charge is 0.435 e. The van der Waals surface area contributed by atoms with Crippen molar-refractivity contribution < 1.29 is 22.4 Å². The summed E-state index contributed by atoms with van der Waals surface area (Å²) in [4.78, 5) is 17.9. The van der Waals surface area contributed by atoms with Gasteiger partial charge in [-0.15, -0.1) is 11.8 Å². The molecule has 0 atom stereocenters. The van der Waals surface area contributed by atoms with Crippen LogP contribution < -0.4 is 5.32 Å². The van der Waals surface area contributed by atoms with Crippen molar-refractivity contribution in [2.24, 2.45) is 0 Å². The molecule has 0 spiro atoms. The van der Waals surface area contributed by atoms with Crippen LogP contribution in [0.5, 0.6) is 0 Å². The molecule has 3 aromatic rings. The van der Waals surface area contributed by atoms with E-state index in [1.165, 1.54) is 12.1 Å². The number of amides is 1. The van der Waals surface area contributed by atoms with Gasteiger partial charge in [0.05, 0.1) is 5.56 Å². The molecule has 0 aliphatic carbocycles. The molecule has 0 aliphatic rings. The summed E-state index contributed by atoms with van der Waals surface area (Å²) < 4.78 is 44.3. The van der Waals surface area contributed by atoms with Gasteiger partial charge in [0.1, 0.15) is 0 Å². The molecule has 4 nitrogen and oxygen atoms in total. The number of nitrogens with zero attached hydrogens (tertiary/aromatic N) is 1. The number of thioether (sulfide) groups is 1. The van der Waals surface area contributed by atoms with Gasteiger partial charge < -0.3 is 9.73 Å². The van der Waals surface area contributed by atoms with Crippen LogP contribution in [-0.2, 0) is 6.18 Å². The molecule has 1 amide bonds. The number of hydrogen-bond donors (Lipinski definition) is 1. The molecule has 1 heterocycles. The highest BCUT2D eigenvalue weighted by Crippen LogP contribution is 2.34. The first-order valence-corrected chi connectivity index (χ1v) is 10.2. The van der Waals surface area contributed by atoms with Gasteiger partial charge in [-0.2, -0.15) is 13.2 Å². The maximum atomic E-state index is 12.8. The molecule has 0 saturated heterocycles. The first-order valence-electron chi connectivity index (χ1n) is 8.94. The molecule has 3 rings (SSSR count). The fourth-order valence-corrected chi connectivity index (χ4v) is 3.14. The van der Waals surface area contributed by atoms with Crippen LogP contribution in [-0.4, -0.2) is 23.7 Å². The average Bonchev–Trinajstić information content (AvgIpc) is 3.17.